The van der Waals surface area contributed by atoms with Crippen molar-refractivity contribution in [3.8, 4) is 5.75 Å². The number of fused-ring (bicyclic) bond motifs is 1. The van der Waals surface area contributed by atoms with E-state index in [1.807, 2.05) is 18.2 Å². The number of hydrogen-bond acceptors (Lipinski definition) is 8. The lowest BCUT2D eigenvalue weighted by atomic mass is 9.92. The van der Waals surface area contributed by atoms with Gasteiger partial charge in [-0.2, -0.15) is 0 Å². The molecule has 198 valence electrons. The molecule has 0 bridgehead atoms. The van der Waals surface area contributed by atoms with E-state index in [0.717, 1.165) is 55.4 Å². The van der Waals surface area contributed by atoms with Crippen molar-refractivity contribution in [2.75, 3.05) is 40.3 Å². The third kappa shape index (κ3) is 7.52. The molecule has 1 aliphatic heterocycles. The van der Waals surface area contributed by atoms with E-state index < -0.39 is 0 Å². The highest BCUT2D eigenvalue weighted by Gasteiger charge is 2.24. The van der Waals surface area contributed by atoms with E-state index >= 15 is 0 Å². The fourth-order valence-electron chi connectivity index (χ4n) is 4.28. The minimum Gasteiger partial charge on any atom is -0.404 e. The summed E-state index contributed by atoms with van der Waals surface area (Å²) in [6, 6.07) is 5.90. The SMILES string of the molecule is CN(C)CCn1c(CC(C)(C)C)nc2cc(ONOCC3CCN(C(=O)/C(C=N)=C/N)CC3)ccc21. The molecule has 2 heterocycles. The van der Waals surface area contributed by atoms with Crippen LogP contribution >= 0.6 is 0 Å². The number of piperidine rings is 1. The number of nitrogens with two attached hydrogens (primary N) is 1. The maximum Gasteiger partial charge on any atom is 0.256 e. The molecule has 36 heavy (non-hydrogen) atoms. The van der Waals surface area contributed by atoms with Crippen molar-refractivity contribution in [1.29, 1.82) is 5.41 Å². The largest absolute Gasteiger partial charge is 0.404 e. The van der Waals surface area contributed by atoms with E-state index in [2.05, 4.69) is 50.0 Å². The molecule has 1 aromatic heterocycles. The normalized spacial score (nSPS) is 15.6. The second-order valence-corrected chi connectivity index (χ2v) is 10.9. The summed E-state index contributed by atoms with van der Waals surface area (Å²) in [5.74, 6) is 1.83. The van der Waals surface area contributed by atoms with Gasteiger partial charge in [0.1, 0.15) is 5.82 Å². The highest BCUT2D eigenvalue weighted by atomic mass is 16.9. The first-order valence-corrected chi connectivity index (χ1v) is 12.5. The first kappa shape index (κ1) is 27.6. The van der Waals surface area contributed by atoms with Crippen molar-refractivity contribution < 1.29 is 14.5 Å². The van der Waals surface area contributed by atoms with Crippen LogP contribution in [-0.2, 0) is 22.6 Å². The standard InChI is InChI=1S/C26H41N7O3/c1-26(2,3)15-24-29-22-14-21(6-7-23(22)33(24)13-12-31(4)5)36-30-35-18-19-8-10-32(11-9-19)25(34)20(16-27)17-28/h6-7,14,16-17,19,27,30H,8-13,15,18,28H2,1-5H3/b20-17+,27-16?. The van der Waals surface area contributed by atoms with Gasteiger partial charge in [-0.3, -0.25) is 9.63 Å². The van der Waals surface area contributed by atoms with E-state index in [1.54, 1.807) is 4.90 Å². The van der Waals surface area contributed by atoms with Gasteiger partial charge in [-0.05, 0) is 56.0 Å². The molecule has 1 aliphatic rings. The summed E-state index contributed by atoms with van der Waals surface area (Å²) in [5, 5.41) is 7.29. The number of nitrogens with one attached hydrogen (secondary N) is 2. The molecule has 0 radical (unpaired) electrons. The van der Waals surface area contributed by atoms with Crippen molar-refractivity contribution in [3.05, 3.63) is 35.8 Å². The Kier molecular flexibility index (Phi) is 9.47. The summed E-state index contributed by atoms with van der Waals surface area (Å²) < 4.78 is 2.31. The molecule has 4 N–H and O–H groups in total. The molecule has 3 rings (SSSR count). The van der Waals surface area contributed by atoms with Crippen LogP contribution in [0, 0.1) is 16.7 Å². The number of likely N-dealkylation sites (N-methyl/N-ethyl adjacent to an activating group) is 1. The number of aromatic nitrogens is 2. The zero-order valence-corrected chi connectivity index (χ0v) is 22.2. The predicted molar refractivity (Wildman–Crippen MR) is 142 cm³/mol. The Balaban J connectivity index is 1.52. The first-order chi connectivity index (χ1) is 17.1. The van der Waals surface area contributed by atoms with Crippen molar-refractivity contribution in [3.63, 3.8) is 0 Å². The zero-order chi connectivity index (χ0) is 26.3. The molecule has 2 aromatic rings. The average Bonchev–Trinajstić information content (AvgIpc) is 3.16. The van der Waals surface area contributed by atoms with Crippen molar-refractivity contribution >= 4 is 23.2 Å². The van der Waals surface area contributed by atoms with E-state index in [1.165, 1.54) is 6.20 Å². The van der Waals surface area contributed by atoms with Crippen LogP contribution in [0.1, 0.15) is 39.4 Å². The summed E-state index contributed by atoms with van der Waals surface area (Å²) in [7, 11) is 4.16. The fraction of sp³-hybridized carbons (Fsp3) is 0.577. The van der Waals surface area contributed by atoms with Gasteiger partial charge in [0, 0.05) is 51.1 Å². The third-order valence-electron chi connectivity index (χ3n) is 6.28. The van der Waals surface area contributed by atoms with E-state index in [9.17, 15) is 4.79 Å². The molecule has 0 spiro atoms. The van der Waals surface area contributed by atoms with Crippen LogP contribution in [0.4, 0.5) is 0 Å². The van der Waals surface area contributed by atoms with Crippen molar-refractivity contribution in [2.45, 2.75) is 46.6 Å². The smallest absolute Gasteiger partial charge is 0.256 e. The molecule has 0 unspecified atom stereocenters. The van der Waals surface area contributed by atoms with Crippen LogP contribution in [0.15, 0.2) is 30.0 Å². The predicted octanol–water partition coefficient (Wildman–Crippen LogP) is 2.73. The summed E-state index contributed by atoms with van der Waals surface area (Å²) in [6.45, 7) is 10.2. The lowest BCUT2D eigenvalue weighted by Gasteiger charge is -2.31. The van der Waals surface area contributed by atoms with Gasteiger partial charge in [0.05, 0.1) is 23.2 Å². The van der Waals surface area contributed by atoms with E-state index in [0.29, 0.717) is 31.4 Å². The fourth-order valence-corrected chi connectivity index (χ4v) is 4.28. The molecule has 0 aliphatic carbocycles. The maximum atomic E-state index is 12.3. The molecule has 0 saturated carbocycles. The summed E-state index contributed by atoms with van der Waals surface area (Å²) >= 11 is 0. The highest BCUT2D eigenvalue weighted by molar-refractivity contribution is 6.11. The molecule has 1 aromatic carbocycles. The summed E-state index contributed by atoms with van der Waals surface area (Å²) in [6.07, 6.45) is 4.70. The monoisotopic (exact) mass is 499 g/mol. The number of hydrogen-bond donors (Lipinski definition) is 3. The molecule has 10 nitrogen and oxygen atoms in total. The summed E-state index contributed by atoms with van der Waals surface area (Å²) in [5.41, 5.74) is 10.4. The molecular formula is C26H41N7O3. The number of carbonyl (C=O) groups is 1. The van der Waals surface area contributed by atoms with Gasteiger partial charge >= 0.3 is 0 Å². The van der Waals surface area contributed by atoms with E-state index in [4.69, 9.17) is 25.8 Å². The van der Waals surface area contributed by atoms with Gasteiger partial charge in [-0.15, -0.1) is 0 Å². The van der Waals surface area contributed by atoms with Crippen LogP contribution in [0.2, 0.25) is 0 Å². The van der Waals surface area contributed by atoms with E-state index in [-0.39, 0.29) is 16.9 Å². The van der Waals surface area contributed by atoms with Gasteiger partial charge < -0.3 is 30.3 Å². The Morgan fingerprint density at radius 3 is 2.64 bits per heavy atom. The molecular weight excluding hydrogens is 458 g/mol. The van der Waals surface area contributed by atoms with Gasteiger partial charge in [0.15, 0.2) is 5.75 Å². The van der Waals surface area contributed by atoms with Gasteiger partial charge in [0.25, 0.3) is 5.91 Å². The zero-order valence-electron chi connectivity index (χ0n) is 22.2. The van der Waals surface area contributed by atoms with Crippen LogP contribution < -0.4 is 16.2 Å². The molecule has 1 fully saturated rings. The Morgan fingerprint density at radius 2 is 2.03 bits per heavy atom. The number of nitrogens with zero attached hydrogens (tertiary/aromatic N) is 4. The summed E-state index contributed by atoms with van der Waals surface area (Å²) in [4.78, 5) is 32.3. The molecule has 10 heteroatoms. The Bertz CT molecular complexity index is 1060. The highest BCUT2D eigenvalue weighted by Crippen LogP contribution is 2.26. The average molecular weight is 500 g/mol. The second kappa shape index (κ2) is 12.3. The van der Waals surface area contributed by atoms with Crippen LogP contribution in [0.25, 0.3) is 11.0 Å². The van der Waals surface area contributed by atoms with Crippen molar-refractivity contribution in [1.82, 2.24) is 25.0 Å². The molecule has 1 saturated heterocycles. The van der Waals surface area contributed by atoms with Crippen LogP contribution in [-0.4, -0.2) is 71.8 Å². The van der Waals surface area contributed by atoms with Crippen LogP contribution in [0.5, 0.6) is 5.75 Å². The number of carbonyl (C=O) groups excluding carboxylic acids is 1. The minimum atomic E-state index is -0.196. The Morgan fingerprint density at radius 1 is 1.31 bits per heavy atom. The Labute approximate surface area is 213 Å². The first-order valence-electron chi connectivity index (χ1n) is 12.5. The van der Waals surface area contributed by atoms with Gasteiger partial charge in [-0.25, -0.2) is 4.98 Å². The number of rotatable bonds is 11. The number of likely N-dealkylation sites (tertiary alicyclic amines) is 1. The number of imidazole rings is 1. The quantitative estimate of drug-likeness (QED) is 0.188. The van der Waals surface area contributed by atoms with Gasteiger partial charge in [0.2, 0.25) is 0 Å². The second-order valence-electron chi connectivity index (χ2n) is 10.9. The third-order valence-corrected chi connectivity index (χ3v) is 6.28. The van der Waals surface area contributed by atoms with Crippen molar-refractivity contribution in [2.24, 2.45) is 17.1 Å². The lowest BCUT2D eigenvalue weighted by molar-refractivity contribution is -0.133. The Hall–Kier alpha value is -2.95. The number of benzene rings is 1. The molecule has 0 atom stereocenters. The minimum absolute atomic E-state index is 0.138. The lowest BCUT2D eigenvalue weighted by Crippen LogP contribution is -2.41. The van der Waals surface area contributed by atoms with Crippen LogP contribution in [0.3, 0.4) is 0 Å². The topological polar surface area (TPSA) is 122 Å². The number of amides is 1. The molecule has 1 amide bonds. The van der Waals surface area contributed by atoms with Gasteiger partial charge in [-0.1, -0.05) is 20.8 Å². The maximum absolute atomic E-state index is 12.3.